The molecule has 0 amide bonds. The zero-order valence-electron chi connectivity index (χ0n) is 10.7. The summed E-state index contributed by atoms with van der Waals surface area (Å²) in [5.41, 5.74) is 1.13. The van der Waals surface area contributed by atoms with E-state index < -0.39 is 0 Å². The molecule has 1 nitrogen and oxygen atoms in total. The molecular formula is C13H25NS. The van der Waals surface area contributed by atoms with Gasteiger partial charge in [0.2, 0.25) is 0 Å². The first-order valence-electron chi connectivity index (χ1n) is 6.09. The number of hydrogen-bond donors (Lipinski definition) is 0. The number of aromatic nitrogens is 1. The maximum Gasteiger partial charge on any atom is 0.0897 e. The van der Waals surface area contributed by atoms with Gasteiger partial charge in [0.1, 0.15) is 0 Å². The summed E-state index contributed by atoms with van der Waals surface area (Å²) in [6.07, 6.45) is 8.49. The van der Waals surface area contributed by atoms with Gasteiger partial charge in [0.25, 0.3) is 0 Å². The van der Waals surface area contributed by atoms with Crippen LogP contribution in [0.4, 0.5) is 0 Å². The van der Waals surface area contributed by atoms with Gasteiger partial charge in [-0.3, -0.25) is 0 Å². The molecule has 88 valence electrons. The summed E-state index contributed by atoms with van der Waals surface area (Å²) >= 11 is 1.69. The Kier molecular flexibility index (Phi) is 9.91. The van der Waals surface area contributed by atoms with E-state index in [1.54, 1.807) is 11.3 Å². The van der Waals surface area contributed by atoms with Crippen molar-refractivity contribution in [2.75, 3.05) is 0 Å². The normalized spacial score (nSPS) is 9.60. The number of nitrogens with zero attached hydrogens (tertiary/aromatic N) is 1. The van der Waals surface area contributed by atoms with Crippen LogP contribution in [0.25, 0.3) is 0 Å². The van der Waals surface area contributed by atoms with Crippen molar-refractivity contribution in [3.8, 4) is 0 Å². The van der Waals surface area contributed by atoms with Crippen LogP contribution >= 0.6 is 11.3 Å². The second kappa shape index (κ2) is 10.2. The quantitative estimate of drug-likeness (QED) is 0.636. The highest BCUT2D eigenvalue weighted by atomic mass is 32.1. The third-order valence-electron chi connectivity index (χ3n) is 2.19. The first kappa shape index (κ1) is 14.6. The van der Waals surface area contributed by atoms with E-state index >= 15 is 0 Å². The van der Waals surface area contributed by atoms with Crippen molar-refractivity contribution in [2.45, 2.75) is 66.2 Å². The van der Waals surface area contributed by atoms with E-state index in [1.165, 1.54) is 38.5 Å². The molecule has 1 rings (SSSR count). The second-order valence-corrected chi connectivity index (χ2v) is 4.98. The minimum Gasteiger partial charge on any atom is -0.247 e. The molecule has 0 N–H and O–H groups in total. The van der Waals surface area contributed by atoms with Crippen molar-refractivity contribution in [3.63, 3.8) is 0 Å². The summed E-state index contributed by atoms with van der Waals surface area (Å²) in [5.74, 6) is 0. The van der Waals surface area contributed by atoms with Crippen LogP contribution in [0.5, 0.6) is 0 Å². The predicted octanol–water partition coefficient (Wildman–Crippen LogP) is 5.13. The molecule has 0 radical (unpaired) electrons. The van der Waals surface area contributed by atoms with E-state index in [4.69, 9.17) is 0 Å². The van der Waals surface area contributed by atoms with Gasteiger partial charge in [-0.1, -0.05) is 52.4 Å². The average Bonchev–Trinajstić information content (AvgIpc) is 2.58. The lowest BCUT2D eigenvalue weighted by atomic mass is 10.1. The van der Waals surface area contributed by atoms with Gasteiger partial charge in [-0.2, -0.15) is 0 Å². The van der Waals surface area contributed by atoms with Gasteiger partial charge >= 0.3 is 0 Å². The summed E-state index contributed by atoms with van der Waals surface area (Å²) < 4.78 is 0. The molecule has 0 fully saturated rings. The number of unbranched alkanes of at least 4 members (excludes halogenated alkanes) is 5. The van der Waals surface area contributed by atoms with Crippen LogP contribution in [0.2, 0.25) is 0 Å². The number of hydrogen-bond acceptors (Lipinski definition) is 2. The van der Waals surface area contributed by atoms with E-state index in [0.29, 0.717) is 0 Å². The van der Waals surface area contributed by atoms with Crippen LogP contribution in [0.1, 0.15) is 63.1 Å². The van der Waals surface area contributed by atoms with Gasteiger partial charge in [0.15, 0.2) is 0 Å². The van der Waals surface area contributed by atoms with Crippen molar-refractivity contribution >= 4 is 11.3 Å². The van der Waals surface area contributed by atoms with Crippen LogP contribution in [0, 0.1) is 13.8 Å². The molecule has 1 aromatic heterocycles. The van der Waals surface area contributed by atoms with Crippen LogP contribution in [0.3, 0.4) is 0 Å². The Morgan fingerprint density at radius 2 is 1.53 bits per heavy atom. The van der Waals surface area contributed by atoms with Crippen LogP contribution in [-0.4, -0.2) is 4.98 Å². The SMILES string of the molecule is CCCCCCCC.Cc1csc(C)n1. The van der Waals surface area contributed by atoms with Gasteiger partial charge in [0.05, 0.1) is 5.01 Å². The fraction of sp³-hybridized carbons (Fsp3) is 0.769. The molecule has 0 atom stereocenters. The van der Waals surface area contributed by atoms with E-state index in [1.807, 2.05) is 13.8 Å². The monoisotopic (exact) mass is 227 g/mol. The highest BCUT2D eigenvalue weighted by molar-refractivity contribution is 7.09. The molecule has 0 bridgehead atoms. The van der Waals surface area contributed by atoms with Gasteiger partial charge in [0, 0.05) is 11.1 Å². The fourth-order valence-electron chi connectivity index (χ4n) is 1.33. The minimum absolute atomic E-state index is 1.13. The highest BCUT2D eigenvalue weighted by Gasteiger charge is 1.86. The van der Waals surface area contributed by atoms with E-state index in [0.717, 1.165) is 10.7 Å². The Balaban J connectivity index is 0.000000262. The molecule has 1 aromatic rings. The largest absolute Gasteiger partial charge is 0.247 e. The van der Waals surface area contributed by atoms with Crippen molar-refractivity contribution < 1.29 is 0 Å². The molecule has 0 aliphatic rings. The molecule has 0 aliphatic heterocycles. The third-order valence-corrected chi connectivity index (χ3v) is 3.08. The fourth-order valence-corrected chi connectivity index (χ4v) is 1.92. The standard InChI is InChI=1S/C8H18.C5H7NS/c1-3-5-7-8-6-4-2;1-4-3-7-5(2)6-4/h3-8H2,1-2H3;3H,1-2H3. The second-order valence-electron chi connectivity index (χ2n) is 3.92. The van der Waals surface area contributed by atoms with Crippen LogP contribution in [0.15, 0.2) is 5.38 Å². The smallest absolute Gasteiger partial charge is 0.0897 e. The Labute approximate surface area is 98.9 Å². The van der Waals surface area contributed by atoms with Crippen LogP contribution < -0.4 is 0 Å². The summed E-state index contributed by atoms with van der Waals surface area (Å²) in [5, 5.41) is 3.20. The molecule has 0 spiro atoms. The summed E-state index contributed by atoms with van der Waals surface area (Å²) in [4.78, 5) is 4.13. The predicted molar refractivity (Wildman–Crippen MR) is 70.6 cm³/mol. The maximum atomic E-state index is 4.13. The lowest BCUT2D eigenvalue weighted by molar-refractivity contribution is 0.624. The number of aryl methyl sites for hydroxylation is 2. The first-order valence-corrected chi connectivity index (χ1v) is 6.97. The summed E-state index contributed by atoms with van der Waals surface area (Å²) in [7, 11) is 0. The summed E-state index contributed by atoms with van der Waals surface area (Å²) in [6.45, 7) is 8.53. The van der Waals surface area contributed by atoms with E-state index in [-0.39, 0.29) is 0 Å². The highest BCUT2D eigenvalue weighted by Crippen LogP contribution is 2.05. The topological polar surface area (TPSA) is 12.9 Å². The molecule has 0 saturated carbocycles. The summed E-state index contributed by atoms with van der Waals surface area (Å²) in [6, 6.07) is 0. The molecule has 0 aromatic carbocycles. The Morgan fingerprint density at radius 3 is 1.73 bits per heavy atom. The van der Waals surface area contributed by atoms with E-state index in [9.17, 15) is 0 Å². The first-order chi connectivity index (χ1) is 7.20. The zero-order valence-corrected chi connectivity index (χ0v) is 11.5. The molecule has 1 heterocycles. The molecule has 0 aliphatic carbocycles. The van der Waals surface area contributed by atoms with Crippen molar-refractivity contribution in [3.05, 3.63) is 16.1 Å². The molecule has 15 heavy (non-hydrogen) atoms. The molecule has 0 saturated heterocycles. The van der Waals surface area contributed by atoms with Crippen molar-refractivity contribution in [1.29, 1.82) is 0 Å². The van der Waals surface area contributed by atoms with Gasteiger partial charge in [-0.15, -0.1) is 11.3 Å². The third kappa shape index (κ3) is 9.92. The van der Waals surface area contributed by atoms with Crippen molar-refractivity contribution in [2.24, 2.45) is 0 Å². The molecular weight excluding hydrogens is 202 g/mol. The Bertz CT molecular complexity index is 208. The van der Waals surface area contributed by atoms with Gasteiger partial charge in [-0.25, -0.2) is 4.98 Å². The molecule has 2 heteroatoms. The Hall–Kier alpha value is -0.370. The number of thiazole rings is 1. The van der Waals surface area contributed by atoms with Gasteiger partial charge < -0.3 is 0 Å². The number of rotatable bonds is 5. The Morgan fingerprint density at radius 1 is 1.00 bits per heavy atom. The zero-order chi connectivity index (χ0) is 11.5. The lowest BCUT2D eigenvalue weighted by Crippen LogP contribution is -1.73. The van der Waals surface area contributed by atoms with Gasteiger partial charge in [-0.05, 0) is 13.8 Å². The maximum absolute atomic E-state index is 4.13. The lowest BCUT2D eigenvalue weighted by Gasteiger charge is -1.93. The minimum atomic E-state index is 1.13. The van der Waals surface area contributed by atoms with E-state index in [2.05, 4.69) is 24.2 Å². The van der Waals surface area contributed by atoms with Crippen LogP contribution in [-0.2, 0) is 0 Å². The average molecular weight is 227 g/mol. The molecule has 0 unspecified atom stereocenters. The van der Waals surface area contributed by atoms with Crippen molar-refractivity contribution in [1.82, 2.24) is 4.98 Å².